The smallest absolute Gasteiger partial charge is 0.252 e. The molecule has 0 atom stereocenters. The molecule has 0 amide bonds. The maximum Gasteiger partial charge on any atom is 0.252 e. The van der Waals surface area contributed by atoms with Crippen molar-refractivity contribution in [1.29, 1.82) is 0 Å². The van der Waals surface area contributed by atoms with Crippen LogP contribution >= 0.6 is 0 Å². The van der Waals surface area contributed by atoms with Crippen molar-refractivity contribution in [2.24, 2.45) is 0 Å². The zero-order chi connectivity index (χ0) is 46.0. The minimum Gasteiger partial charge on any atom is -0.486 e. The van der Waals surface area contributed by atoms with E-state index in [9.17, 15) is 0 Å². The zero-order valence-electron chi connectivity index (χ0n) is 38.4. The SMILES string of the molecule is CC(C)(C)c1ccc(-c2cc3c4c(c2)N(c2ccc5c(c2)OCCO5)c2cc5c(cc2B4c2ccc(-c4cc6ccccc6o4)cc2N3c2cccc(-c3cc4ccccc4o3)c2)OCCO5)cc1. The van der Waals surface area contributed by atoms with Gasteiger partial charge in [0.25, 0.3) is 6.71 Å². The quantitative estimate of drug-likeness (QED) is 0.158. The Balaban J connectivity index is 1.07. The van der Waals surface area contributed by atoms with Gasteiger partial charge in [-0.2, -0.15) is 0 Å². The number of anilines is 6. The van der Waals surface area contributed by atoms with Gasteiger partial charge in [-0.1, -0.05) is 106 Å². The van der Waals surface area contributed by atoms with E-state index < -0.39 is 0 Å². The lowest BCUT2D eigenvalue weighted by molar-refractivity contribution is 0.171. The fraction of sp³-hybridized carbons (Fsp3) is 0.133. The van der Waals surface area contributed by atoms with Crippen molar-refractivity contribution in [2.75, 3.05) is 36.2 Å². The predicted molar refractivity (Wildman–Crippen MR) is 277 cm³/mol. The first-order valence-corrected chi connectivity index (χ1v) is 23.7. The molecular formula is C60H45BN2O6. The molecule has 6 heterocycles. The van der Waals surface area contributed by atoms with Gasteiger partial charge in [0.05, 0.1) is 5.69 Å². The highest BCUT2D eigenvalue weighted by molar-refractivity contribution is 7.00. The highest BCUT2D eigenvalue weighted by Crippen LogP contribution is 2.50. The van der Waals surface area contributed by atoms with Crippen LogP contribution in [0.3, 0.4) is 0 Å². The third-order valence-corrected chi connectivity index (χ3v) is 14.1. The van der Waals surface area contributed by atoms with Crippen molar-refractivity contribution < 1.29 is 27.8 Å². The molecule has 10 aromatic rings. The Morgan fingerprint density at radius 1 is 0.406 bits per heavy atom. The summed E-state index contributed by atoms with van der Waals surface area (Å²) in [4.78, 5) is 4.83. The number of rotatable bonds is 5. The fourth-order valence-electron chi connectivity index (χ4n) is 10.8. The van der Waals surface area contributed by atoms with Crippen LogP contribution in [-0.4, -0.2) is 33.1 Å². The molecule has 4 aliphatic heterocycles. The third kappa shape index (κ3) is 6.44. The molecule has 69 heavy (non-hydrogen) atoms. The van der Waals surface area contributed by atoms with E-state index in [0.717, 1.165) is 124 Å². The normalized spacial score (nSPS) is 14.4. The van der Waals surface area contributed by atoms with E-state index in [4.69, 9.17) is 27.8 Å². The lowest BCUT2D eigenvalue weighted by Crippen LogP contribution is -2.61. The predicted octanol–water partition coefficient (Wildman–Crippen LogP) is 13.1. The first kappa shape index (κ1) is 39.8. The number of benzene rings is 8. The van der Waals surface area contributed by atoms with Crippen LogP contribution in [0.25, 0.3) is 55.7 Å². The van der Waals surface area contributed by atoms with E-state index in [2.05, 4.69) is 164 Å². The first-order valence-electron chi connectivity index (χ1n) is 23.7. The molecule has 8 nitrogen and oxygen atoms in total. The van der Waals surface area contributed by atoms with Gasteiger partial charge in [-0.3, -0.25) is 0 Å². The molecule has 4 aliphatic rings. The van der Waals surface area contributed by atoms with Crippen LogP contribution < -0.4 is 45.1 Å². The van der Waals surface area contributed by atoms with Crippen molar-refractivity contribution in [2.45, 2.75) is 26.2 Å². The number of hydrogen-bond acceptors (Lipinski definition) is 8. The molecule has 8 aromatic carbocycles. The van der Waals surface area contributed by atoms with Crippen LogP contribution in [0, 0.1) is 0 Å². The second-order valence-electron chi connectivity index (χ2n) is 19.4. The molecule has 14 rings (SSSR count). The molecule has 0 unspecified atom stereocenters. The van der Waals surface area contributed by atoms with E-state index in [-0.39, 0.29) is 12.1 Å². The van der Waals surface area contributed by atoms with Gasteiger partial charge in [-0.15, -0.1) is 0 Å². The molecule has 0 saturated carbocycles. The molecule has 0 bridgehead atoms. The Labute approximate surface area is 399 Å². The average molecular weight is 901 g/mol. The first-order chi connectivity index (χ1) is 33.8. The molecule has 0 aliphatic carbocycles. The molecule has 0 N–H and O–H groups in total. The van der Waals surface area contributed by atoms with E-state index >= 15 is 0 Å². The van der Waals surface area contributed by atoms with E-state index in [0.29, 0.717) is 26.4 Å². The van der Waals surface area contributed by atoms with E-state index in [1.165, 1.54) is 11.0 Å². The summed E-state index contributed by atoms with van der Waals surface area (Å²) in [7, 11) is 0. The van der Waals surface area contributed by atoms with Crippen LogP contribution in [0.15, 0.2) is 179 Å². The number of para-hydroxylation sites is 2. The molecular weight excluding hydrogens is 855 g/mol. The lowest BCUT2D eigenvalue weighted by Gasteiger charge is -2.45. The molecule has 0 fully saturated rings. The van der Waals surface area contributed by atoms with Crippen LogP contribution in [-0.2, 0) is 5.41 Å². The number of hydrogen-bond donors (Lipinski definition) is 0. The summed E-state index contributed by atoms with van der Waals surface area (Å²) in [6.45, 7) is 8.54. The van der Waals surface area contributed by atoms with Crippen molar-refractivity contribution in [3.63, 3.8) is 0 Å². The van der Waals surface area contributed by atoms with Crippen LogP contribution in [0.2, 0.25) is 0 Å². The number of furan rings is 2. The van der Waals surface area contributed by atoms with E-state index in [1.54, 1.807) is 0 Å². The number of nitrogens with zero attached hydrogens (tertiary/aromatic N) is 2. The monoisotopic (exact) mass is 900 g/mol. The van der Waals surface area contributed by atoms with Gasteiger partial charge >= 0.3 is 0 Å². The van der Waals surface area contributed by atoms with Crippen molar-refractivity contribution in [1.82, 2.24) is 0 Å². The van der Waals surface area contributed by atoms with Gasteiger partial charge in [0, 0.05) is 62.5 Å². The largest absolute Gasteiger partial charge is 0.486 e. The molecule has 0 spiro atoms. The summed E-state index contributed by atoms with van der Waals surface area (Å²) < 4.78 is 38.2. The van der Waals surface area contributed by atoms with Gasteiger partial charge < -0.3 is 37.6 Å². The summed E-state index contributed by atoms with van der Waals surface area (Å²) in [6, 6.07) is 60.7. The fourth-order valence-corrected chi connectivity index (χ4v) is 10.8. The Morgan fingerprint density at radius 2 is 0.957 bits per heavy atom. The summed E-state index contributed by atoms with van der Waals surface area (Å²) in [5.74, 6) is 4.54. The second kappa shape index (κ2) is 15.1. The standard InChI is InChI=1S/C60H45BN2O6/c1-60(2,3)42-18-15-36(16-19-42)41-29-49-59-50(30-41)63(44-20-22-53-56(33-44)65-24-23-64-53)48-35-58-57(66-25-26-67-58)34-46(48)61(59)45-21-17-40(55-32-39-10-5-7-14-52(39)69-55)28-47(45)62(49)43-12-8-11-37(27-43)54-31-38-9-4-6-13-51(38)68-54/h4-22,27-35H,23-26H2,1-3H3. The summed E-state index contributed by atoms with van der Waals surface area (Å²) >= 11 is 0. The van der Waals surface area contributed by atoms with Gasteiger partial charge in [0.1, 0.15) is 49.1 Å². The Morgan fingerprint density at radius 3 is 1.61 bits per heavy atom. The van der Waals surface area contributed by atoms with Crippen molar-refractivity contribution in [3.05, 3.63) is 175 Å². The molecule has 2 aromatic heterocycles. The minimum atomic E-state index is -0.193. The summed E-state index contributed by atoms with van der Waals surface area (Å²) in [6.07, 6.45) is 0. The maximum atomic E-state index is 6.59. The van der Waals surface area contributed by atoms with Crippen LogP contribution in [0.1, 0.15) is 26.3 Å². The van der Waals surface area contributed by atoms with Gasteiger partial charge in [-0.05, 0) is 111 Å². The van der Waals surface area contributed by atoms with Gasteiger partial charge in [0.15, 0.2) is 23.0 Å². The summed E-state index contributed by atoms with van der Waals surface area (Å²) in [5.41, 5.74) is 16.7. The summed E-state index contributed by atoms with van der Waals surface area (Å²) in [5, 5.41) is 2.12. The highest BCUT2D eigenvalue weighted by atomic mass is 16.6. The van der Waals surface area contributed by atoms with E-state index in [1.807, 2.05) is 36.4 Å². The zero-order valence-corrected chi connectivity index (χ0v) is 38.4. The number of fused-ring (bicyclic) bond motifs is 8. The maximum absolute atomic E-state index is 6.59. The van der Waals surface area contributed by atoms with Crippen molar-refractivity contribution >= 4 is 79.2 Å². The van der Waals surface area contributed by atoms with Crippen molar-refractivity contribution in [3.8, 4) is 56.8 Å². The molecule has 0 radical (unpaired) electrons. The van der Waals surface area contributed by atoms with Gasteiger partial charge in [0.2, 0.25) is 0 Å². The third-order valence-electron chi connectivity index (χ3n) is 14.1. The van der Waals surface area contributed by atoms with Crippen LogP contribution in [0.5, 0.6) is 23.0 Å². The number of ether oxygens (including phenoxy) is 4. The highest BCUT2D eigenvalue weighted by Gasteiger charge is 2.45. The second-order valence-corrected chi connectivity index (χ2v) is 19.4. The molecule has 9 heteroatoms. The molecule has 334 valence electrons. The van der Waals surface area contributed by atoms with Crippen LogP contribution in [0.4, 0.5) is 34.1 Å². The minimum absolute atomic E-state index is 0.000179. The average Bonchev–Trinajstić information content (AvgIpc) is 4.03. The molecule has 0 saturated heterocycles. The topological polar surface area (TPSA) is 69.7 Å². The van der Waals surface area contributed by atoms with Gasteiger partial charge in [-0.25, -0.2) is 0 Å². The lowest BCUT2D eigenvalue weighted by atomic mass is 9.33. The Bertz CT molecular complexity index is 3650. The Kier molecular flexibility index (Phi) is 8.72. The Hall–Kier alpha value is -8.30.